The topological polar surface area (TPSA) is 9.23 Å². The lowest BCUT2D eigenvalue weighted by Crippen LogP contribution is -1.97. The van der Waals surface area contributed by atoms with Crippen LogP contribution in [-0.2, 0) is 4.74 Å². The zero-order valence-electron chi connectivity index (χ0n) is 14.6. The highest BCUT2D eigenvalue weighted by molar-refractivity contribution is 4.48. The average Bonchev–Trinajstić information content (AvgIpc) is 2.43. The van der Waals surface area contributed by atoms with Crippen molar-refractivity contribution in [1.82, 2.24) is 0 Å². The van der Waals surface area contributed by atoms with Gasteiger partial charge in [-0.1, -0.05) is 91.4 Å². The summed E-state index contributed by atoms with van der Waals surface area (Å²) in [5, 5.41) is 0. The molecule has 0 aliphatic rings. The second kappa shape index (κ2) is 17.0. The van der Waals surface area contributed by atoms with Gasteiger partial charge in [0.25, 0.3) is 0 Å². The molecule has 0 heterocycles. The van der Waals surface area contributed by atoms with Gasteiger partial charge in [-0.05, 0) is 18.8 Å². The predicted molar refractivity (Wildman–Crippen MR) is 91.4 cm³/mol. The number of rotatable bonds is 16. The van der Waals surface area contributed by atoms with Gasteiger partial charge in [-0.3, -0.25) is 0 Å². The van der Waals surface area contributed by atoms with E-state index in [4.69, 9.17) is 4.74 Å². The Morgan fingerprint density at radius 1 is 0.600 bits per heavy atom. The number of hydrogen-bond acceptors (Lipinski definition) is 1. The van der Waals surface area contributed by atoms with E-state index in [2.05, 4.69) is 20.8 Å². The van der Waals surface area contributed by atoms with Crippen LogP contribution in [0.3, 0.4) is 0 Å². The van der Waals surface area contributed by atoms with E-state index >= 15 is 0 Å². The fourth-order valence-corrected chi connectivity index (χ4v) is 2.55. The Hall–Kier alpha value is -0.0400. The Bertz CT molecular complexity index is 165. The van der Waals surface area contributed by atoms with Crippen molar-refractivity contribution < 1.29 is 4.74 Å². The SMILES string of the molecule is CCCCCCCCCCCOCCCCCC(C)C. The van der Waals surface area contributed by atoms with Crippen LogP contribution in [0.15, 0.2) is 0 Å². The van der Waals surface area contributed by atoms with E-state index in [9.17, 15) is 0 Å². The van der Waals surface area contributed by atoms with Gasteiger partial charge in [-0.15, -0.1) is 0 Å². The summed E-state index contributed by atoms with van der Waals surface area (Å²) in [5.41, 5.74) is 0. The fraction of sp³-hybridized carbons (Fsp3) is 1.00. The molecule has 0 aliphatic carbocycles. The molecule has 0 rings (SSSR count). The summed E-state index contributed by atoms with van der Waals surface area (Å²) >= 11 is 0. The van der Waals surface area contributed by atoms with Gasteiger partial charge in [0.15, 0.2) is 0 Å². The molecule has 0 spiro atoms. The van der Waals surface area contributed by atoms with Gasteiger partial charge in [-0.25, -0.2) is 0 Å². The summed E-state index contributed by atoms with van der Waals surface area (Å²) in [7, 11) is 0. The molecule has 0 atom stereocenters. The molecule has 0 unspecified atom stereocenters. The summed E-state index contributed by atoms with van der Waals surface area (Å²) in [6.07, 6.45) is 17.9. The molecule has 0 aromatic rings. The summed E-state index contributed by atoms with van der Waals surface area (Å²) in [5.74, 6) is 0.859. The van der Waals surface area contributed by atoms with Gasteiger partial charge in [-0.2, -0.15) is 0 Å². The first kappa shape index (κ1) is 20.0. The maximum atomic E-state index is 5.70. The van der Waals surface area contributed by atoms with Crippen molar-refractivity contribution in [1.29, 1.82) is 0 Å². The Kier molecular flexibility index (Phi) is 17.0. The molecular weight excluding hydrogens is 244 g/mol. The quantitative estimate of drug-likeness (QED) is 0.285. The standard InChI is InChI=1S/C19H40O/c1-4-5-6-7-8-9-10-11-14-17-20-18-15-12-13-16-19(2)3/h19H,4-18H2,1-3H3. The van der Waals surface area contributed by atoms with Crippen LogP contribution < -0.4 is 0 Å². The number of unbranched alkanes of at least 4 members (excludes halogenated alkanes) is 10. The third-order valence-corrected chi connectivity index (χ3v) is 3.96. The van der Waals surface area contributed by atoms with E-state index in [0.717, 1.165) is 19.1 Å². The van der Waals surface area contributed by atoms with Crippen molar-refractivity contribution in [3.63, 3.8) is 0 Å². The first-order valence-electron chi connectivity index (χ1n) is 9.35. The van der Waals surface area contributed by atoms with Crippen LogP contribution in [0.1, 0.15) is 104 Å². The molecule has 0 N–H and O–H groups in total. The van der Waals surface area contributed by atoms with E-state index in [0.29, 0.717) is 0 Å². The van der Waals surface area contributed by atoms with Crippen LogP contribution >= 0.6 is 0 Å². The van der Waals surface area contributed by atoms with Gasteiger partial charge in [0, 0.05) is 13.2 Å². The monoisotopic (exact) mass is 284 g/mol. The normalized spacial score (nSPS) is 11.4. The summed E-state index contributed by atoms with van der Waals surface area (Å²) < 4.78 is 5.70. The summed E-state index contributed by atoms with van der Waals surface area (Å²) in [6, 6.07) is 0. The van der Waals surface area contributed by atoms with E-state index in [-0.39, 0.29) is 0 Å². The number of hydrogen-bond donors (Lipinski definition) is 0. The summed E-state index contributed by atoms with van der Waals surface area (Å²) in [6.45, 7) is 8.86. The molecular formula is C19H40O. The van der Waals surface area contributed by atoms with Crippen LogP contribution in [0.4, 0.5) is 0 Å². The van der Waals surface area contributed by atoms with Crippen LogP contribution in [0.25, 0.3) is 0 Å². The van der Waals surface area contributed by atoms with Gasteiger partial charge in [0.05, 0.1) is 0 Å². The van der Waals surface area contributed by atoms with Gasteiger partial charge < -0.3 is 4.74 Å². The minimum Gasteiger partial charge on any atom is -0.381 e. The average molecular weight is 285 g/mol. The molecule has 0 fully saturated rings. The third kappa shape index (κ3) is 18.0. The lowest BCUT2D eigenvalue weighted by Gasteiger charge is -2.06. The molecule has 0 bridgehead atoms. The highest BCUT2D eigenvalue weighted by atomic mass is 16.5. The third-order valence-electron chi connectivity index (χ3n) is 3.96. The molecule has 0 aliphatic heterocycles. The first-order chi connectivity index (χ1) is 9.77. The van der Waals surface area contributed by atoms with Crippen LogP contribution in [-0.4, -0.2) is 13.2 Å². The maximum Gasteiger partial charge on any atom is 0.0466 e. The second-order valence-corrected chi connectivity index (χ2v) is 6.68. The molecule has 0 radical (unpaired) electrons. The van der Waals surface area contributed by atoms with Gasteiger partial charge >= 0.3 is 0 Å². The van der Waals surface area contributed by atoms with E-state index < -0.39 is 0 Å². The molecule has 122 valence electrons. The van der Waals surface area contributed by atoms with Gasteiger partial charge in [0.2, 0.25) is 0 Å². The van der Waals surface area contributed by atoms with Crippen molar-refractivity contribution in [2.45, 2.75) is 104 Å². The van der Waals surface area contributed by atoms with Crippen molar-refractivity contribution >= 4 is 0 Å². The lowest BCUT2D eigenvalue weighted by atomic mass is 10.1. The second-order valence-electron chi connectivity index (χ2n) is 6.68. The lowest BCUT2D eigenvalue weighted by molar-refractivity contribution is 0.125. The van der Waals surface area contributed by atoms with Crippen molar-refractivity contribution in [2.24, 2.45) is 5.92 Å². The predicted octanol–water partition coefficient (Wildman–Crippen LogP) is 6.75. The molecule has 1 heteroatoms. The molecule has 0 saturated heterocycles. The zero-order valence-corrected chi connectivity index (χ0v) is 14.6. The fourth-order valence-electron chi connectivity index (χ4n) is 2.55. The van der Waals surface area contributed by atoms with E-state index in [1.54, 1.807) is 0 Å². The minimum atomic E-state index is 0.859. The Morgan fingerprint density at radius 3 is 1.55 bits per heavy atom. The zero-order chi connectivity index (χ0) is 14.9. The molecule has 0 aromatic heterocycles. The maximum absolute atomic E-state index is 5.70. The van der Waals surface area contributed by atoms with Crippen LogP contribution in [0.2, 0.25) is 0 Å². The molecule has 0 saturated carbocycles. The molecule has 1 nitrogen and oxygen atoms in total. The summed E-state index contributed by atoms with van der Waals surface area (Å²) in [4.78, 5) is 0. The van der Waals surface area contributed by atoms with E-state index in [1.807, 2.05) is 0 Å². The van der Waals surface area contributed by atoms with Crippen LogP contribution in [0, 0.1) is 5.92 Å². The number of ether oxygens (including phenoxy) is 1. The molecule has 0 aromatic carbocycles. The van der Waals surface area contributed by atoms with Crippen molar-refractivity contribution in [3.8, 4) is 0 Å². The Balaban J connectivity index is 2.92. The first-order valence-corrected chi connectivity index (χ1v) is 9.35. The Morgan fingerprint density at radius 2 is 1.05 bits per heavy atom. The highest BCUT2D eigenvalue weighted by Crippen LogP contribution is 2.10. The largest absolute Gasteiger partial charge is 0.381 e. The Labute approximate surface area is 128 Å². The molecule has 20 heavy (non-hydrogen) atoms. The van der Waals surface area contributed by atoms with Crippen molar-refractivity contribution in [3.05, 3.63) is 0 Å². The van der Waals surface area contributed by atoms with E-state index in [1.165, 1.54) is 83.5 Å². The van der Waals surface area contributed by atoms with Crippen LogP contribution in [0.5, 0.6) is 0 Å². The highest BCUT2D eigenvalue weighted by Gasteiger charge is 1.95. The smallest absolute Gasteiger partial charge is 0.0466 e. The molecule has 0 amide bonds. The minimum absolute atomic E-state index is 0.859. The van der Waals surface area contributed by atoms with Crippen molar-refractivity contribution in [2.75, 3.05) is 13.2 Å². The van der Waals surface area contributed by atoms with Gasteiger partial charge in [0.1, 0.15) is 0 Å².